The predicted octanol–water partition coefficient (Wildman–Crippen LogP) is 2.26. The molecule has 7 heteroatoms. The van der Waals surface area contributed by atoms with Gasteiger partial charge in [0.2, 0.25) is 0 Å². The summed E-state index contributed by atoms with van der Waals surface area (Å²) in [6.45, 7) is 3.44. The molecule has 1 aromatic carbocycles. The summed E-state index contributed by atoms with van der Waals surface area (Å²) in [5, 5.41) is 12.1. The number of H-pyrrole nitrogens is 1. The van der Waals surface area contributed by atoms with Gasteiger partial charge in [-0.1, -0.05) is 11.6 Å². The molecule has 1 heterocycles. The third kappa shape index (κ3) is 4.28. The lowest BCUT2D eigenvalue weighted by molar-refractivity contribution is -0.307. The molecule has 1 atom stereocenters. The first-order valence-electron chi connectivity index (χ1n) is 7.69. The molecule has 6 nitrogen and oxygen atoms in total. The third-order valence-electron chi connectivity index (χ3n) is 3.80. The van der Waals surface area contributed by atoms with Gasteiger partial charge in [-0.3, -0.25) is 4.79 Å². The van der Waals surface area contributed by atoms with E-state index in [-0.39, 0.29) is 29.9 Å². The van der Waals surface area contributed by atoms with Gasteiger partial charge >= 0.3 is 5.97 Å². The minimum absolute atomic E-state index is 0.125. The van der Waals surface area contributed by atoms with Gasteiger partial charge in [0, 0.05) is 40.8 Å². The smallest absolute Gasteiger partial charge is 0.340 e. The predicted molar refractivity (Wildman–Crippen MR) is 89.6 cm³/mol. The van der Waals surface area contributed by atoms with Gasteiger partial charge in [0.25, 0.3) is 0 Å². The zero-order chi connectivity index (χ0) is 18.6. The highest BCUT2D eigenvalue weighted by Gasteiger charge is 2.27. The van der Waals surface area contributed by atoms with Crippen molar-refractivity contribution in [3.63, 3.8) is 0 Å². The number of nitrogens with one attached hydrogen (secondary N) is 1. The molecule has 0 radical (unpaired) electrons. The number of aryl methyl sites for hydroxylation is 1. The Labute approximate surface area is 149 Å². The van der Waals surface area contributed by atoms with Crippen molar-refractivity contribution in [2.75, 3.05) is 6.61 Å². The van der Waals surface area contributed by atoms with Crippen LogP contribution in [0.25, 0.3) is 0 Å². The molecule has 2 aromatic rings. The van der Waals surface area contributed by atoms with E-state index in [9.17, 15) is 19.5 Å². The second-order valence-electron chi connectivity index (χ2n) is 5.47. The van der Waals surface area contributed by atoms with Gasteiger partial charge in [-0.2, -0.15) is 0 Å². The zero-order valence-electron chi connectivity index (χ0n) is 13.8. The number of hydrogen-bond donors (Lipinski definition) is 1. The standard InChI is InChI=1S/C18H18ClNO5/c1-3-25-18(24)16-10(2)20-9-14(16)13(17(22)23)8-15(21)11-4-6-12(19)7-5-11/h4-7,9,13,20H,3,8H2,1-2H3,(H,22,23)/p-1/t13-/m0/s1. The lowest BCUT2D eigenvalue weighted by Crippen LogP contribution is -2.32. The number of carbonyl (C=O) groups excluding carboxylic acids is 3. The Morgan fingerprint density at radius 3 is 2.44 bits per heavy atom. The maximum absolute atomic E-state index is 12.4. The van der Waals surface area contributed by atoms with Crippen LogP contribution in [0, 0.1) is 6.92 Å². The number of benzene rings is 1. The number of ketones is 1. The molecular formula is C18H17ClNO5-. The molecule has 0 aliphatic carbocycles. The van der Waals surface area contributed by atoms with Crippen LogP contribution in [0.4, 0.5) is 0 Å². The fraction of sp³-hybridized carbons (Fsp3) is 0.278. The molecule has 132 valence electrons. The van der Waals surface area contributed by atoms with Crippen molar-refractivity contribution in [1.29, 1.82) is 0 Å². The highest BCUT2D eigenvalue weighted by Crippen LogP contribution is 2.28. The molecule has 0 aliphatic heterocycles. The minimum Gasteiger partial charge on any atom is -0.549 e. The largest absolute Gasteiger partial charge is 0.549 e. The molecule has 1 N–H and O–H groups in total. The van der Waals surface area contributed by atoms with E-state index in [4.69, 9.17) is 16.3 Å². The maximum atomic E-state index is 12.4. The van der Waals surface area contributed by atoms with Crippen LogP contribution in [0.5, 0.6) is 0 Å². The third-order valence-corrected chi connectivity index (χ3v) is 4.06. The summed E-state index contributed by atoms with van der Waals surface area (Å²) < 4.78 is 4.97. The van der Waals surface area contributed by atoms with Gasteiger partial charge in [-0.25, -0.2) is 4.79 Å². The van der Waals surface area contributed by atoms with Crippen LogP contribution in [-0.4, -0.2) is 29.3 Å². The Morgan fingerprint density at radius 1 is 1.24 bits per heavy atom. The summed E-state index contributed by atoms with van der Waals surface area (Å²) in [5.74, 6) is -3.74. The maximum Gasteiger partial charge on any atom is 0.340 e. The van der Waals surface area contributed by atoms with Gasteiger partial charge < -0.3 is 19.6 Å². The minimum atomic E-state index is -1.44. The number of carboxylic acid groups (broad SMARTS) is 1. The van der Waals surface area contributed by atoms with Crippen LogP contribution in [0.2, 0.25) is 5.02 Å². The lowest BCUT2D eigenvalue weighted by Gasteiger charge is -2.18. The van der Waals surface area contributed by atoms with Crippen molar-refractivity contribution < 1.29 is 24.2 Å². The highest BCUT2D eigenvalue weighted by atomic mass is 35.5. The van der Waals surface area contributed by atoms with E-state index in [1.807, 2.05) is 0 Å². The Hall–Kier alpha value is -2.60. The van der Waals surface area contributed by atoms with Crippen molar-refractivity contribution in [3.05, 3.63) is 57.9 Å². The molecule has 0 amide bonds. The molecular weight excluding hydrogens is 346 g/mol. The van der Waals surface area contributed by atoms with Crippen LogP contribution in [-0.2, 0) is 9.53 Å². The van der Waals surface area contributed by atoms with E-state index in [1.54, 1.807) is 26.0 Å². The number of aromatic nitrogens is 1. The number of aromatic amines is 1. The number of hydrogen-bond acceptors (Lipinski definition) is 5. The van der Waals surface area contributed by atoms with Crippen molar-refractivity contribution in [1.82, 2.24) is 4.98 Å². The summed E-state index contributed by atoms with van der Waals surface area (Å²) in [6, 6.07) is 6.14. The lowest BCUT2D eigenvalue weighted by atomic mass is 9.90. The van der Waals surface area contributed by atoms with E-state index < -0.39 is 17.9 Å². The first kappa shape index (κ1) is 18.7. The van der Waals surface area contributed by atoms with Crippen LogP contribution in [0.3, 0.4) is 0 Å². The SMILES string of the molecule is CCOC(=O)c1c([C@H](CC(=O)c2ccc(Cl)cc2)C(=O)[O-])c[nH]c1C. The molecule has 0 aliphatic rings. The Morgan fingerprint density at radius 2 is 1.88 bits per heavy atom. The van der Waals surface area contributed by atoms with Crippen molar-refractivity contribution in [2.45, 2.75) is 26.2 Å². The quantitative estimate of drug-likeness (QED) is 0.601. The van der Waals surface area contributed by atoms with Crippen LogP contribution < -0.4 is 5.11 Å². The fourth-order valence-electron chi connectivity index (χ4n) is 2.56. The van der Waals surface area contributed by atoms with Crippen molar-refractivity contribution in [2.24, 2.45) is 0 Å². The normalized spacial score (nSPS) is 11.8. The van der Waals surface area contributed by atoms with E-state index in [0.717, 1.165) is 0 Å². The number of carboxylic acids is 1. The second kappa shape index (κ2) is 7.98. The van der Waals surface area contributed by atoms with Gasteiger partial charge in [0.05, 0.1) is 12.2 Å². The van der Waals surface area contributed by atoms with E-state index in [0.29, 0.717) is 16.3 Å². The van der Waals surface area contributed by atoms with Gasteiger partial charge in [-0.05, 0) is 43.7 Å². The van der Waals surface area contributed by atoms with Gasteiger partial charge in [0.1, 0.15) is 0 Å². The van der Waals surface area contributed by atoms with Gasteiger partial charge in [-0.15, -0.1) is 0 Å². The van der Waals surface area contributed by atoms with E-state index in [2.05, 4.69) is 4.98 Å². The van der Waals surface area contributed by atoms with Crippen LogP contribution >= 0.6 is 11.6 Å². The number of rotatable bonds is 7. The Kier molecular flexibility index (Phi) is 5.98. The average molecular weight is 363 g/mol. The number of carbonyl (C=O) groups is 3. The number of aliphatic carboxylic acids is 1. The average Bonchev–Trinajstić information content (AvgIpc) is 2.94. The van der Waals surface area contributed by atoms with E-state index in [1.165, 1.54) is 18.3 Å². The van der Waals surface area contributed by atoms with Crippen LogP contribution in [0.15, 0.2) is 30.5 Å². The number of halogens is 1. The first-order chi connectivity index (χ1) is 11.8. The molecule has 2 rings (SSSR count). The van der Waals surface area contributed by atoms with Crippen LogP contribution in [0.1, 0.15) is 51.2 Å². The van der Waals surface area contributed by atoms with Gasteiger partial charge in [0.15, 0.2) is 5.78 Å². The molecule has 0 bridgehead atoms. The summed E-state index contributed by atoms with van der Waals surface area (Å²) in [6.07, 6.45) is 1.06. The summed E-state index contributed by atoms with van der Waals surface area (Å²) in [4.78, 5) is 38.9. The molecule has 0 saturated heterocycles. The summed E-state index contributed by atoms with van der Waals surface area (Å²) in [5.41, 5.74) is 1.11. The molecule has 0 unspecified atom stereocenters. The topological polar surface area (TPSA) is 99.3 Å². The van der Waals surface area contributed by atoms with Crippen molar-refractivity contribution >= 4 is 29.3 Å². The molecule has 0 spiro atoms. The number of esters is 1. The Bertz CT molecular complexity index is 794. The van der Waals surface area contributed by atoms with E-state index >= 15 is 0 Å². The monoisotopic (exact) mass is 362 g/mol. The number of ether oxygens (including phenoxy) is 1. The molecule has 25 heavy (non-hydrogen) atoms. The zero-order valence-corrected chi connectivity index (χ0v) is 14.6. The van der Waals surface area contributed by atoms with Crippen molar-refractivity contribution in [3.8, 4) is 0 Å². The summed E-state index contributed by atoms with van der Waals surface area (Å²) >= 11 is 5.79. The first-order valence-corrected chi connectivity index (χ1v) is 8.07. The number of Topliss-reactive ketones (excluding diaryl/α,β-unsaturated/α-hetero) is 1. The Balaban J connectivity index is 2.33. The molecule has 0 saturated carbocycles. The highest BCUT2D eigenvalue weighted by molar-refractivity contribution is 6.30. The summed E-state index contributed by atoms with van der Waals surface area (Å²) in [7, 11) is 0. The molecule has 0 fully saturated rings. The molecule has 1 aromatic heterocycles. The fourth-order valence-corrected chi connectivity index (χ4v) is 2.68. The second-order valence-corrected chi connectivity index (χ2v) is 5.91.